The molecular formula is C18H26O7. The highest BCUT2D eigenvalue weighted by atomic mass is 16.8. The maximum atomic E-state index is 11.9. The fourth-order valence-electron chi connectivity index (χ4n) is 3.11. The minimum absolute atomic E-state index is 0.00557. The Bertz CT molecular complexity index is 588. The van der Waals surface area contributed by atoms with E-state index in [9.17, 15) is 9.59 Å². The fourth-order valence-corrected chi connectivity index (χ4v) is 3.11. The number of ketones is 1. The summed E-state index contributed by atoms with van der Waals surface area (Å²) in [6.45, 7) is 10.4. The highest BCUT2D eigenvalue weighted by Gasteiger charge is 2.61. The lowest BCUT2D eigenvalue weighted by atomic mass is 9.81. The molecule has 0 amide bonds. The largest absolute Gasteiger partial charge is 0.464 e. The lowest BCUT2D eigenvalue weighted by molar-refractivity contribution is -0.220. The number of Topliss-reactive ketones (excluding diaryl/α,β-unsaturated/α-hetero) is 1. The molecule has 7 heteroatoms. The molecule has 1 unspecified atom stereocenters. The molecule has 0 bridgehead atoms. The normalized spacial score (nSPS) is 33.9. The summed E-state index contributed by atoms with van der Waals surface area (Å²) in [6.07, 6.45) is -2.75. The van der Waals surface area contributed by atoms with Crippen LogP contribution < -0.4 is 0 Å². The van der Waals surface area contributed by atoms with Gasteiger partial charge in [-0.2, -0.15) is 0 Å². The van der Waals surface area contributed by atoms with Crippen molar-refractivity contribution in [1.29, 1.82) is 0 Å². The molecule has 5 atom stereocenters. The Balaban J connectivity index is 2.12. The van der Waals surface area contributed by atoms with Gasteiger partial charge in [-0.05, 0) is 41.5 Å². The first-order valence-electron chi connectivity index (χ1n) is 8.38. The molecule has 25 heavy (non-hydrogen) atoms. The molecule has 2 rings (SSSR count). The summed E-state index contributed by atoms with van der Waals surface area (Å²) < 4.78 is 28.0. The van der Waals surface area contributed by atoms with Crippen LogP contribution in [0.25, 0.3) is 0 Å². The predicted octanol–water partition coefficient (Wildman–Crippen LogP) is 1.43. The van der Waals surface area contributed by atoms with Gasteiger partial charge >= 0.3 is 5.97 Å². The van der Waals surface area contributed by atoms with Gasteiger partial charge in [0.1, 0.15) is 12.2 Å². The first-order valence-corrected chi connectivity index (χ1v) is 8.38. The summed E-state index contributed by atoms with van der Waals surface area (Å²) in [5, 5.41) is 0. The molecule has 0 aromatic carbocycles. The average molecular weight is 354 g/mol. The number of esters is 1. The van der Waals surface area contributed by atoms with Crippen molar-refractivity contribution in [1.82, 2.24) is 0 Å². The standard InChI is InChI=1S/C18H26O7/c1-7-9-18(6)12(23-16-14(18)24-17(4,5)25-16)10-22-13(11(3)19)15(20)21-8-2/h12-14,16H,8,10H2,1-6H3/t12-,13?,14+,16-,18+/m1/s1. The van der Waals surface area contributed by atoms with Crippen molar-refractivity contribution < 1.29 is 33.3 Å². The molecule has 2 aliphatic heterocycles. The van der Waals surface area contributed by atoms with Gasteiger partial charge in [-0.15, -0.1) is 5.92 Å². The Morgan fingerprint density at radius 2 is 1.92 bits per heavy atom. The van der Waals surface area contributed by atoms with E-state index in [2.05, 4.69) is 11.8 Å². The molecule has 0 saturated carbocycles. The molecule has 0 aromatic rings. The second kappa shape index (κ2) is 7.42. The molecule has 0 N–H and O–H groups in total. The monoisotopic (exact) mass is 354 g/mol. The highest BCUT2D eigenvalue weighted by molar-refractivity contribution is 6.00. The van der Waals surface area contributed by atoms with Gasteiger partial charge in [-0.1, -0.05) is 5.92 Å². The van der Waals surface area contributed by atoms with Crippen LogP contribution in [0.5, 0.6) is 0 Å². The van der Waals surface area contributed by atoms with Crippen LogP contribution in [0, 0.1) is 17.3 Å². The molecule has 2 saturated heterocycles. The van der Waals surface area contributed by atoms with Gasteiger partial charge in [0.2, 0.25) is 6.10 Å². The number of rotatable bonds is 6. The van der Waals surface area contributed by atoms with Gasteiger partial charge in [-0.25, -0.2) is 4.79 Å². The van der Waals surface area contributed by atoms with E-state index in [1.54, 1.807) is 13.8 Å². The number of carbonyl (C=O) groups is 2. The van der Waals surface area contributed by atoms with Crippen molar-refractivity contribution in [2.24, 2.45) is 5.41 Å². The first-order chi connectivity index (χ1) is 11.6. The third-order valence-corrected chi connectivity index (χ3v) is 4.29. The van der Waals surface area contributed by atoms with Crippen LogP contribution in [0.1, 0.15) is 41.5 Å². The van der Waals surface area contributed by atoms with Gasteiger partial charge in [0.05, 0.1) is 18.6 Å². The molecule has 0 spiro atoms. The van der Waals surface area contributed by atoms with E-state index in [4.69, 9.17) is 23.7 Å². The molecule has 2 aliphatic rings. The zero-order chi connectivity index (χ0) is 18.8. The SMILES string of the molecule is CC#C[C@@]1(C)[C@@H](COC(C(C)=O)C(=O)OCC)O[C@@H]2OC(C)(C)O[C@@H]21. The van der Waals surface area contributed by atoms with Crippen LogP contribution in [0.3, 0.4) is 0 Å². The van der Waals surface area contributed by atoms with Crippen molar-refractivity contribution in [2.45, 2.75) is 71.9 Å². The zero-order valence-electron chi connectivity index (χ0n) is 15.6. The van der Waals surface area contributed by atoms with Gasteiger partial charge in [-0.3, -0.25) is 4.79 Å². The molecule has 0 aromatic heterocycles. The summed E-state index contributed by atoms with van der Waals surface area (Å²) in [4.78, 5) is 23.6. The Morgan fingerprint density at radius 1 is 1.24 bits per heavy atom. The van der Waals surface area contributed by atoms with Crippen molar-refractivity contribution in [3.8, 4) is 11.8 Å². The van der Waals surface area contributed by atoms with Crippen LogP contribution >= 0.6 is 0 Å². The molecular weight excluding hydrogens is 328 g/mol. The average Bonchev–Trinajstić information content (AvgIpc) is 2.92. The zero-order valence-corrected chi connectivity index (χ0v) is 15.6. The van der Waals surface area contributed by atoms with E-state index in [1.165, 1.54) is 6.92 Å². The Labute approximate surface area is 148 Å². The molecule has 7 nitrogen and oxygen atoms in total. The van der Waals surface area contributed by atoms with E-state index >= 15 is 0 Å². The summed E-state index contributed by atoms with van der Waals surface area (Å²) in [5.41, 5.74) is -0.691. The molecule has 0 aliphatic carbocycles. The Morgan fingerprint density at radius 3 is 2.48 bits per heavy atom. The molecule has 2 heterocycles. The van der Waals surface area contributed by atoms with E-state index in [0.29, 0.717) is 0 Å². The smallest absolute Gasteiger partial charge is 0.343 e. The van der Waals surface area contributed by atoms with Crippen LogP contribution in [0.2, 0.25) is 0 Å². The quantitative estimate of drug-likeness (QED) is 0.405. The Hall–Kier alpha value is -1.46. The summed E-state index contributed by atoms with van der Waals surface area (Å²) in [5.74, 6) is 4.13. The van der Waals surface area contributed by atoms with Gasteiger partial charge in [0.15, 0.2) is 17.9 Å². The summed E-state index contributed by atoms with van der Waals surface area (Å²) in [6, 6.07) is 0. The van der Waals surface area contributed by atoms with Crippen LogP contribution in [0.15, 0.2) is 0 Å². The first kappa shape index (κ1) is 19.9. The predicted molar refractivity (Wildman–Crippen MR) is 87.3 cm³/mol. The van der Waals surface area contributed by atoms with Gasteiger partial charge in [0.25, 0.3) is 0 Å². The topological polar surface area (TPSA) is 80.3 Å². The molecule has 2 fully saturated rings. The Kier molecular flexibility index (Phi) is 5.89. The maximum absolute atomic E-state index is 11.9. The number of hydrogen-bond donors (Lipinski definition) is 0. The third-order valence-electron chi connectivity index (χ3n) is 4.29. The van der Waals surface area contributed by atoms with Crippen LogP contribution in [-0.4, -0.2) is 55.4 Å². The minimum Gasteiger partial charge on any atom is -0.464 e. The van der Waals surface area contributed by atoms with E-state index in [0.717, 1.165) is 0 Å². The number of ether oxygens (including phenoxy) is 5. The summed E-state index contributed by atoms with van der Waals surface area (Å²) in [7, 11) is 0. The van der Waals surface area contributed by atoms with E-state index < -0.39 is 41.5 Å². The van der Waals surface area contributed by atoms with Gasteiger partial charge in [0, 0.05) is 0 Å². The van der Waals surface area contributed by atoms with E-state index in [1.807, 2.05) is 20.8 Å². The summed E-state index contributed by atoms with van der Waals surface area (Å²) >= 11 is 0. The number of hydrogen-bond acceptors (Lipinski definition) is 7. The van der Waals surface area contributed by atoms with Gasteiger partial charge < -0.3 is 23.7 Å². The van der Waals surface area contributed by atoms with Crippen molar-refractivity contribution >= 4 is 11.8 Å². The van der Waals surface area contributed by atoms with Crippen molar-refractivity contribution in [3.63, 3.8) is 0 Å². The van der Waals surface area contributed by atoms with Crippen molar-refractivity contribution in [2.75, 3.05) is 13.2 Å². The molecule has 0 radical (unpaired) electrons. The number of fused-ring (bicyclic) bond motifs is 1. The van der Waals surface area contributed by atoms with Crippen LogP contribution in [0.4, 0.5) is 0 Å². The highest BCUT2D eigenvalue weighted by Crippen LogP contribution is 2.47. The lowest BCUT2D eigenvalue weighted by Gasteiger charge is -2.31. The second-order valence-corrected chi connectivity index (χ2v) is 6.78. The maximum Gasteiger partial charge on any atom is 0.343 e. The minimum atomic E-state index is -1.28. The third kappa shape index (κ3) is 4.04. The van der Waals surface area contributed by atoms with Crippen LogP contribution in [-0.2, 0) is 33.3 Å². The lowest BCUT2D eigenvalue weighted by Crippen LogP contribution is -2.43. The number of carbonyl (C=O) groups excluding carboxylic acids is 2. The second-order valence-electron chi connectivity index (χ2n) is 6.78. The molecule has 140 valence electrons. The van der Waals surface area contributed by atoms with Crippen molar-refractivity contribution in [3.05, 3.63) is 0 Å². The fraction of sp³-hybridized carbons (Fsp3) is 0.778. The van der Waals surface area contributed by atoms with E-state index in [-0.39, 0.29) is 19.3 Å².